The van der Waals surface area contributed by atoms with Crippen LogP contribution in [0.3, 0.4) is 0 Å². The van der Waals surface area contributed by atoms with E-state index in [1.807, 2.05) is 0 Å². The highest BCUT2D eigenvalue weighted by Crippen LogP contribution is 2.29. The van der Waals surface area contributed by atoms with E-state index in [1.165, 1.54) is 16.6 Å². The summed E-state index contributed by atoms with van der Waals surface area (Å²) in [5, 5.41) is 0. The average Bonchev–Trinajstić information content (AvgIpc) is 2.91. The molecule has 2 heterocycles. The van der Waals surface area contributed by atoms with E-state index in [9.17, 15) is 8.42 Å². The summed E-state index contributed by atoms with van der Waals surface area (Å²) in [4.78, 5) is 4.06. The number of pyridine rings is 1. The molecular formula is C10H15BrN4O2S2. The first-order chi connectivity index (χ1) is 8.96. The van der Waals surface area contributed by atoms with Crippen LogP contribution in [0.25, 0.3) is 0 Å². The number of aromatic nitrogens is 1. The van der Waals surface area contributed by atoms with Crippen molar-refractivity contribution in [1.29, 1.82) is 0 Å². The van der Waals surface area contributed by atoms with Crippen molar-refractivity contribution in [2.75, 3.05) is 24.0 Å². The molecule has 2 rings (SSSR count). The molecule has 9 heteroatoms. The molecule has 19 heavy (non-hydrogen) atoms. The second kappa shape index (κ2) is 5.96. The molecule has 0 aromatic carbocycles. The van der Waals surface area contributed by atoms with Crippen LogP contribution in [0.4, 0.5) is 5.82 Å². The van der Waals surface area contributed by atoms with Crippen LogP contribution in [0.1, 0.15) is 6.42 Å². The van der Waals surface area contributed by atoms with Crippen LogP contribution in [0, 0.1) is 0 Å². The predicted molar refractivity (Wildman–Crippen MR) is 80.4 cm³/mol. The number of sulfonamides is 1. The second-order valence-corrected chi connectivity index (χ2v) is 8.21. The van der Waals surface area contributed by atoms with Crippen molar-refractivity contribution in [3.63, 3.8) is 0 Å². The molecule has 3 N–H and O–H groups in total. The van der Waals surface area contributed by atoms with E-state index in [0.29, 0.717) is 4.47 Å². The number of nitrogens with zero attached hydrogens (tertiary/aromatic N) is 2. The Kier molecular flexibility index (Phi) is 4.72. The number of halogens is 1. The summed E-state index contributed by atoms with van der Waals surface area (Å²) >= 11 is 5.00. The van der Waals surface area contributed by atoms with Crippen LogP contribution in [-0.4, -0.2) is 42.3 Å². The number of nitrogens with two attached hydrogens (primary N) is 1. The van der Waals surface area contributed by atoms with Crippen molar-refractivity contribution >= 4 is 43.5 Å². The van der Waals surface area contributed by atoms with E-state index in [0.717, 1.165) is 17.9 Å². The third-order valence-corrected chi connectivity index (χ3v) is 6.53. The third-order valence-electron chi connectivity index (χ3n) is 3.03. The minimum Gasteiger partial charge on any atom is -0.307 e. The monoisotopic (exact) mass is 366 g/mol. The second-order valence-electron chi connectivity index (χ2n) is 4.18. The topological polar surface area (TPSA) is 88.3 Å². The van der Waals surface area contributed by atoms with Crippen LogP contribution < -0.4 is 11.3 Å². The molecule has 1 fully saturated rings. The SMILES string of the molecule is CN(C1CCSC1)S(=O)(=O)c1cc(Br)cnc1NN. The van der Waals surface area contributed by atoms with Gasteiger partial charge in [0.15, 0.2) is 5.82 Å². The Morgan fingerprint density at radius 1 is 1.63 bits per heavy atom. The zero-order valence-electron chi connectivity index (χ0n) is 10.3. The van der Waals surface area contributed by atoms with Gasteiger partial charge in [-0.15, -0.1) is 0 Å². The van der Waals surface area contributed by atoms with E-state index in [4.69, 9.17) is 5.84 Å². The summed E-state index contributed by atoms with van der Waals surface area (Å²) in [6.45, 7) is 0. The quantitative estimate of drug-likeness (QED) is 0.615. The van der Waals surface area contributed by atoms with Gasteiger partial charge in [-0.1, -0.05) is 0 Å². The number of rotatable bonds is 4. The van der Waals surface area contributed by atoms with Gasteiger partial charge in [0.2, 0.25) is 10.0 Å². The van der Waals surface area contributed by atoms with Gasteiger partial charge in [0.1, 0.15) is 4.90 Å². The van der Waals surface area contributed by atoms with Crippen molar-refractivity contribution in [1.82, 2.24) is 9.29 Å². The van der Waals surface area contributed by atoms with Crippen LogP contribution in [0.2, 0.25) is 0 Å². The fraction of sp³-hybridized carbons (Fsp3) is 0.500. The molecule has 0 bridgehead atoms. The van der Waals surface area contributed by atoms with Gasteiger partial charge < -0.3 is 5.43 Å². The molecule has 1 atom stereocenters. The maximum absolute atomic E-state index is 12.6. The molecule has 0 radical (unpaired) electrons. The lowest BCUT2D eigenvalue weighted by Gasteiger charge is -2.24. The molecule has 6 nitrogen and oxygen atoms in total. The lowest BCUT2D eigenvalue weighted by molar-refractivity contribution is 0.394. The molecule has 0 saturated carbocycles. The van der Waals surface area contributed by atoms with Gasteiger partial charge in [-0.05, 0) is 34.2 Å². The van der Waals surface area contributed by atoms with E-state index in [1.54, 1.807) is 18.8 Å². The maximum Gasteiger partial charge on any atom is 0.246 e. The van der Waals surface area contributed by atoms with Crippen LogP contribution in [-0.2, 0) is 10.0 Å². The Labute approximate surface area is 125 Å². The standard InChI is InChI=1S/C10H15BrN4O2S2/c1-15(8-2-3-18-6-8)19(16,17)9-4-7(11)5-13-10(9)14-12/h4-5,8H,2-3,6,12H2,1H3,(H,13,14). The molecule has 106 valence electrons. The van der Waals surface area contributed by atoms with Gasteiger partial charge in [-0.25, -0.2) is 19.2 Å². The minimum atomic E-state index is -3.60. The first kappa shape index (κ1) is 15.0. The zero-order chi connectivity index (χ0) is 14.0. The molecule has 1 unspecified atom stereocenters. The molecule has 0 amide bonds. The van der Waals surface area contributed by atoms with Crippen molar-refractivity contribution < 1.29 is 8.42 Å². The third kappa shape index (κ3) is 3.05. The Balaban J connectivity index is 2.40. The van der Waals surface area contributed by atoms with Crippen molar-refractivity contribution in [3.8, 4) is 0 Å². The molecule has 0 aliphatic carbocycles. The molecular weight excluding hydrogens is 352 g/mol. The molecule has 1 saturated heterocycles. The number of hydrogen-bond donors (Lipinski definition) is 2. The largest absolute Gasteiger partial charge is 0.307 e. The summed E-state index contributed by atoms with van der Waals surface area (Å²) in [6.07, 6.45) is 2.37. The predicted octanol–water partition coefficient (Wildman–Crippen LogP) is 1.26. The lowest BCUT2D eigenvalue weighted by Crippen LogP contribution is -2.37. The van der Waals surface area contributed by atoms with Crippen molar-refractivity contribution in [2.45, 2.75) is 17.4 Å². The van der Waals surface area contributed by atoms with Gasteiger partial charge >= 0.3 is 0 Å². The number of nitrogen functional groups attached to an aromatic ring is 1. The minimum absolute atomic E-state index is 0.0274. The fourth-order valence-electron chi connectivity index (χ4n) is 1.89. The molecule has 1 aromatic rings. The van der Waals surface area contributed by atoms with Gasteiger partial charge in [0.25, 0.3) is 0 Å². The molecule has 1 aromatic heterocycles. The molecule has 0 spiro atoms. The fourth-order valence-corrected chi connectivity index (χ4v) is 5.25. The Hall–Kier alpha value is -0.350. The van der Waals surface area contributed by atoms with Gasteiger partial charge in [-0.3, -0.25) is 0 Å². The smallest absolute Gasteiger partial charge is 0.246 e. The average molecular weight is 367 g/mol. The first-order valence-electron chi connectivity index (χ1n) is 5.64. The summed E-state index contributed by atoms with van der Waals surface area (Å²) in [5.41, 5.74) is 2.33. The first-order valence-corrected chi connectivity index (χ1v) is 9.03. The summed E-state index contributed by atoms with van der Waals surface area (Å²) < 4.78 is 27.2. The molecule has 1 aliphatic rings. The number of hydrogen-bond acceptors (Lipinski definition) is 6. The summed E-state index contributed by atoms with van der Waals surface area (Å²) in [7, 11) is -2.00. The Morgan fingerprint density at radius 3 is 2.95 bits per heavy atom. The summed E-state index contributed by atoms with van der Waals surface area (Å²) in [6, 6.07) is 1.54. The summed E-state index contributed by atoms with van der Waals surface area (Å²) in [5.74, 6) is 7.30. The van der Waals surface area contributed by atoms with E-state index in [2.05, 4.69) is 26.3 Å². The van der Waals surface area contributed by atoms with E-state index < -0.39 is 10.0 Å². The molecule has 1 aliphatic heterocycles. The number of anilines is 1. The van der Waals surface area contributed by atoms with E-state index >= 15 is 0 Å². The van der Waals surface area contributed by atoms with Gasteiger partial charge in [0, 0.05) is 29.5 Å². The van der Waals surface area contributed by atoms with Gasteiger partial charge in [0.05, 0.1) is 0 Å². The number of nitrogens with one attached hydrogen (secondary N) is 1. The lowest BCUT2D eigenvalue weighted by atomic mass is 10.3. The zero-order valence-corrected chi connectivity index (χ0v) is 13.6. The number of hydrazine groups is 1. The van der Waals surface area contributed by atoms with Gasteiger partial charge in [-0.2, -0.15) is 16.1 Å². The van der Waals surface area contributed by atoms with Crippen molar-refractivity contribution in [3.05, 3.63) is 16.7 Å². The normalized spacial score (nSPS) is 19.9. The number of thioether (sulfide) groups is 1. The highest BCUT2D eigenvalue weighted by atomic mass is 79.9. The highest BCUT2D eigenvalue weighted by molar-refractivity contribution is 9.10. The maximum atomic E-state index is 12.6. The van der Waals surface area contributed by atoms with Crippen LogP contribution >= 0.6 is 27.7 Å². The van der Waals surface area contributed by atoms with Crippen molar-refractivity contribution in [2.24, 2.45) is 5.84 Å². The Bertz CT molecular complexity index is 561. The van der Waals surface area contributed by atoms with E-state index in [-0.39, 0.29) is 16.8 Å². The highest BCUT2D eigenvalue weighted by Gasteiger charge is 2.32. The van der Waals surface area contributed by atoms with Crippen LogP contribution in [0.5, 0.6) is 0 Å². The van der Waals surface area contributed by atoms with Crippen LogP contribution in [0.15, 0.2) is 21.6 Å². The Morgan fingerprint density at radius 2 is 2.37 bits per heavy atom.